The van der Waals surface area contributed by atoms with Crippen molar-refractivity contribution in [3.8, 4) is 0 Å². The minimum Gasteiger partial charge on any atom is -0.305 e. The molecule has 0 N–H and O–H groups in total. The summed E-state index contributed by atoms with van der Waals surface area (Å²) in [6, 6.07) is 12.6. The zero-order valence-corrected chi connectivity index (χ0v) is 14.2. The molecule has 0 radical (unpaired) electrons. The van der Waals surface area contributed by atoms with Gasteiger partial charge < -0.3 is 4.90 Å². The van der Waals surface area contributed by atoms with Crippen molar-refractivity contribution in [1.82, 2.24) is 0 Å². The molecule has 0 aliphatic carbocycles. The van der Waals surface area contributed by atoms with Gasteiger partial charge in [0.15, 0.2) is 9.84 Å². The fourth-order valence-electron chi connectivity index (χ4n) is 3.07. The molecular weight excluding hydrogens is 310 g/mol. The molecule has 1 aliphatic rings. The number of fused-ring (bicyclic) bond motifs is 1. The molecule has 1 aliphatic heterocycles. The third kappa shape index (κ3) is 2.77. The van der Waals surface area contributed by atoms with Gasteiger partial charge in [-0.3, -0.25) is 4.79 Å². The topological polar surface area (TPSA) is 54.5 Å². The fourth-order valence-corrected chi connectivity index (χ4v) is 3.71. The number of anilines is 1. The molecule has 4 nitrogen and oxygen atoms in total. The van der Waals surface area contributed by atoms with Crippen LogP contribution in [0.4, 0.5) is 5.69 Å². The molecule has 23 heavy (non-hydrogen) atoms. The van der Waals surface area contributed by atoms with Crippen LogP contribution in [0.2, 0.25) is 0 Å². The molecule has 3 rings (SSSR count). The molecule has 1 atom stereocenters. The fraction of sp³-hybridized carbons (Fsp3) is 0.278. The van der Waals surface area contributed by atoms with E-state index in [4.69, 9.17) is 0 Å². The van der Waals surface area contributed by atoms with Crippen LogP contribution >= 0.6 is 0 Å². The highest BCUT2D eigenvalue weighted by Crippen LogP contribution is 2.33. The van der Waals surface area contributed by atoms with Gasteiger partial charge in [-0.15, -0.1) is 0 Å². The zero-order valence-electron chi connectivity index (χ0n) is 13.4. The van der Waals surface area contributed by atoms with Crippen molar-refractivity contribution in [2.45, 2.75) is 31.2 Å². The van der Waals surface area contributed by atoms with Crippen molar-refractivity contribution in [1.29, 1.82) is 0 Å². The lowest BCUT2D eigenvalue weighted by molar-refractivity contribution is 0.0980. The summed E-state index contributed by atoms with van der Waals surface area (Å²) in [5.41, 5.74) is 3.27. The Kier molecular flexibility index (Phi) is 3.76. The van der Waals surface area contributed by atoms with Crippen LogP contribution in [-0.4, -0.2) is 26.6 Å². The number of hydrogen-bond donors (Lipinski definition) is 0. The molecule has 0 saturated carbocycles. The van der Waals surface area contributed by atoms with Crippen LogP contribution in [0.1, 0.15) is 28.4 Å². The van der Waals surface area contributed by atoms with Gasteiger partial charge in [-0.25, -0.2) is 8.42 Å². The summed E-state index contributed by atoms with van der Waals surface area (Å²) in [6.07, 6.45) is 1.96. The molecule has 120 valence electrons. The lowest BCUT2D eigenvalue weighted by atomic mass is 10.1. The predicted molar refractivity (Wildman–Crippen MR) is 90.7 cm³/mol. The summed E-state index contributed by atoms with van der Waals surface area (Å²) >= 11 is 0. The number of rotatable bonds is 2. The van der Waals surface area contributed by atoms with E-state index in [1.54, 1.807) is 17.0 Å². The Morgan fingerprint density at radius 1 is 1.17 bits per heavy atom. The van der Waals surface area contributed by atoms with Crippen LogP contribution < -0.4 is 4.90 Å². The molecular formula is C18H19NO3S. The second kappa shape index (κ2) is 5.49. The summed E-state index contributed by atoms with van der Waals surface area (Å²) < 4.78 is 23.6. The van der Waals surface area contributed by atoms with Gasteiger partial charge in [-0.1, -0.05) is 24.3 Å². The van der Waals surface area contributed by atoms with E-state index in [1.165, 1.54) is 6.07 Å². The van der Waals surface area contributed by atoms with Gasteiger partial charge in [0.25, 0.3) is 5.91 Å². The number of nitrogens with zero attached hydrogens (tertiary/aromatic N) is 1. The second-order valence-electron chi connectivity index (χ2n) is 6.11. The monoisotopic (exact) mass is 329 g/mol. The molecule has 2 aromatic rings. The van der Waals surface area contributed by atoms with E-state index in [1.807, 2.05) is 38.1 Å². The minimum absolute atomic E-state index is 0.0567. The highest BCUT2D eigenvalue weighted by atomic mass is 32.2. The van der Waals surface area contributed by atoms with Crippen molar-refractivity contribution in [2.24, 2.45) is 0 Å². The predicted octanol–water partition coefficient (Wildman–Crippen LogP) is 2.99. The normalized spacial score (nSPS) is 17.2. The van der Waals surface area contributed by atoms with Crippen molar-refractivity contribution < 1.29 is 13.2 Å². The highest BCUT2D eigenvalue weighted by Gasteiger charge is 2.32. The molecule has 0 fully saturated rings. The average molecular weight is 329 g/mol. The quantitative estimate of drug-likeness (QED) is 0.851. The van der Waals surface area contributed by atoms with Gasteiger partial charge in [0, 0.05) is 23.5 Å². The Labute approximate surface area is 136 Å². The van der Waals surface area contributed by atoms with E-state index < -0.39 is 9.84 Å². The molecule has 0 aromatic heterocycles. The Bertz CT molecular complexity index is 887. The van der Waals surface area contributed by atoms with Crippen LogP contribution in [0.15, 0.2) is 47.4 Å². The minimum atomic E-state index is -3.34. The Morgan fingerprint density at radius 3 is 2.57 bits per heavy atom. The lowest BCUT2D eigenvalue weighted by Crippen LogP contribution is -2.36. The number of para-hydroxylation sites is 1. The maximum absolute atomic E-state index is 13.1. The smallest absolute Gasteiger partial charge is 0.258 e. The molecule has 0 bridgehead atoms. The largest absolute Gasteiger partial charge is 0.305 e. The first kappa shape index (κ1) is 15.7. The van der Waals surface area contributed by atoms with Crippen LogP contribution in [0.3, 0.4) is 0 Å². The maximum Gasteiger partial charge on any atom is 0.258 e. The van der Waals surface area contributed by atoms with Crippen molar-refractivity contribution in [3.05, 3.63) is 59.2 Å². The van der Waals surface area contributed by atoms with Gasteiger partial charge in [-0.2, -0.15) is 0 Å². The van der Waals surface area contributed by atoms with Crippen LogP contribution in [0.25, 0.3) is 0 Å². The zero-order chi connectivity index (χ0) is 16.8. The van der Waals surface area contributed by atoms with Gasteiger partial charge in [0.2, 0.25) is 0 Å². The van der Waals surface area contributed by atoms with Gasteiger partial charge in [0.05, 0.1) is 4.90 Å². The number of carbonyl (C=O) groups is 1. The average Bonchev–Trinajstić information content (AvgIpc) is 2.81. The van der Waals surface area contributed by atoms with E-state index in [0.717, 1.165) is 29.5 Å². The molecule has 1 unspecified atom stereocenters. The summed E-state index contributed by atoms with van der Waals surface area (Å²) in [5, 5.41) is 0. The highest BCUT2D eigenvalue weighted by molar-refractivity contribution is 7.90. The number of benzene rings is 2. The molecule has 5 heteroatoms. The Hall–Kier alpha value is -2.14. The first-order chi connectivity index (χ1) is 10.8. The Balaban J connectivity index is 2.08. The van der Waals surface area contributed by atoms with Crippen molar-refractivity contribution in [2.75, 3.05) is 11.2 Å². The molecule has 1 heterocycles. The summed E-state index contributed by atoms with van der Waals surface area (Å²) in [5.74, 6) is -0.148. The maximum atomic E-state index is 13.1. The first-order valence-corrected chi connectivity index (χ1v) is 9.40. The van der Waals surface area contributed by atoms with E-state index >= 15 is 0 Å². The number of carbonyl (C=O) groups excluding carboxylic acids is 1. The molecule has 2 aromatic carbocycles. The number of sulfone groups is 1. The van der Waals surface area contributed by atoms with E-state index in [0.29, 0.717) is 5.56 Å². The summed E-state index contributed by atoms with van der Waals surface area (Å²) in [4.78, 5) is 15.0. The van der Waals surface area contributed by atoms with E-state index in [-0.39, 0.29) is 16.8 Å². The van der Waals surface area contributed by atoms with Gasteiger partial charge in [-0.05, 0) is 49.6 Å². The summed E-state index contributed by atoms with van der Waals surface area (Å²) in [7, 11) is -3.34. The van der Waals surface area contributed by atoms with Crippen LogP contribution in [-0.2, 0) is 16.3 Å². The second-order valence-corrected chi connectivity index (χ2v) is 8.12. The third-order valence-electron chi connectivity index (χ3n) is 4.29. The van der Waals surface area contributed by atoms with Crippen molar-refractivity contribution in [3.63, 3.8) is 0 Å². The molecule has 0 spiro atoms. The molecule has 1 amide bonds. The van der Waals surface area contributed by atoms with Gasteiger partial charge >= 0.3 is 0 Å². The third-order valence-corrected chi connectivity index (χ3v) is 5.40. The van der Waals surface area contributed by atoms with E-state index in [9.17, 15) is 13.2 Å². The van der Waals surface area contributed by atoms with Gasteiger partial charge in [0.1, 0.15) is 0 Å². The standard InChI is InChI=1S/C18H19NO3S/c1-12-8-9-15(23(3,21)22)11-16(12)18(20)19-13(2)10-14-6-4-5-7-17(14)19/h4-9,11,13H,10H2,1-3H3. The van der Waals surface area contributed by atoms with Crippen LogP contribution in [0.5, 0.6) is 0 Å². The molecule has 0 saturated heterocycles. The number of aryl methyl sites for hydroxylation is 1. The van der Waals surface area contributed by atoms with E-state index in [2.05, 4.69) is 0 Å². The van der Waals surface area contributed by atoms with Crippen LogP contribution in [0, 0.1) is 6.92 Å². The first-order valence-electron chi connectivity index (χ1n) is 7.51. The number of amides is 1. The lowest BCUT2D eigenvalue weighted by Gasteiger charge is -2.24. The number of hydrogen-bond acceptors (Lipinski definition) is 3. The SMILES string of the molecule is Cc1ccc(S(C)(=O)=O)cc1C(=O)N1c2ccccc2CC1C. The summed E-state index contributed by atoms with van der Waals surface area (Å²) in [6.45, 7) is 3.83. The Morgan fingerprint density at radius 2 is 1.87 bits per heavy atom. The van der Waals surface area contributed by atoms with Crippen molar-refractivity contribution >= 4 is 21.4 Å².